The molecule has 1 fully saturated rings. The number of hydrogen-bond donors (Lipinski definition) is 1. The maximum Gasteiger partial charge on any atom is 0.325 e. The maximum absolute atomic E-state index is 13.1. The van der Waals surface area contributed by atoms with Crippen molar-refractivity contribution in [3.05, 3.63) is 54.6 Å². The van der Waals surface area contributed by atoms with E-state index >= 15 is 0 Å². The molecule has 156 valence electrons. The van der Waals surface area contributed by atoms with Crippen LogP contribution in [0.2, 0.25) is 0 Å². The lowest BCUT2D eigenvalue weighted by Gasteiger charge is -2.29. The van der Waals surface area contributed by atoms with E-state index in [1.54, 1.807) is 36.4 Å². The third-order valence-corrected chi connectivity index (χ3v) is 4.98. The summed E-state index contributed by atoms with van der Waals surface area (Å²) in [5, 5.41) is 3.15. The Kier molecular flexibility index (Phi) is 6.63. The minimum Gasteiger partial charge on any atom is -0.497 e. The first-order valence-electron chi connectivity index (χ1n) is 9.15. The van der Waals surface area contributed by atoms with Gasteiger partial charge in [-0.2, -0.15) is 0 Å². The van der Waals surface area contributed by atoms with E-state index in [0.29, 0.717) is 17.1 Å². The predicted molar refractivity (Wildman–Crippen MR) is 115 cm³/mol. The van der Waals surface area contributed by atoms with Gasteiger partial charge in [0.05, 0.1) is 26.3 Å². The molecule has 2 amide bonds. The Bertz CT molecular complexity index is 949. The van der Waals surface area contributed by atoms with Crippen LogP contribution in [0, 0.1) is 0 Å². The minimum atomic E-state index is -0.928. The molecule has 1 saturated heterocycles. The van der Waals surface area contributed by atoms with Gasteiger partial charge in [-0.1, -0.05) is 18.2 Å². The summed E-state index contributed by atoms with van der Waals surface area (Å²) in [6.07, 6.45) is -0.113. The predicted octanol–water partition coefficient (Wildman–Crippen LogP) is 2.20. The summed E-state index contributed by atoms with van der Waals surface area (Å²) in [6, 6.07) is 14.8. The quantitative estimate of drug-likeness (QED) is 0.427. The molecule has 0 spiro atoms. The molecule has 1 aliphatic rings. The van der Waals surface area contributed by atoms with E-state index in [1.165, 1.54) is 19.1 Å². The molecule has 1 aliphatic heterocycles. The molecule has 0 bridgehead atoms. The molecule has 0 saturated carbocycles. The molecule has 9 heteroatoms. The first-order valence-corrected chi connectivity index (χ1v) is 9.55. The highest BCUT2D eigenvalue weighted by molar-refractivity contribution is 7.80. The van der Waals surface area contributed by atoms with Crippen LogP contribution in [-0.4, -0.2) is 54.6 Å². The van der Waals surface area contributed by atoms with Crippen molar-refractivity contribution in [2.45, 2.75) is 12.5 Å². The van der Waals surface area contributed by atoms with E-state index in [-0.39, 0.29) is 24.0 Å². The number of methoxy groups -OCH3 is 2. The highest BCUT2D eigenvalue weighted by Crippen LogP contribution is 2.28. The van der Waals surface area contributed by atoms with E-state index in [1.807, 2.05) is 18.2 Å². The summed E-state index contributed by atoms with van der Waals surface area (Å²) in [5.41, 5.74) is 1.12. The van der Waals surface area contributed by atoms with Crippen LogP contribution in [0.5, 0.6) is 5.75 Å². The Morgan fingerprint density at radius 2 is 1.80 bits per heavy atom. The van der Waals surface area contributed by atoms with Crippen LogP contribution >= 0.6 is 12.2 Å². The lowest BCUT2D eigenvalue weighted by Crippen LogP contribution is -2.49. The first-order chi connectivity index (χ1) is 14.4. The van der Waals surface area contributed by atoms with E-state index in [9.17, 15) is 14.4 Å². The highest BCUT2D eigenvalue weighted by atomic mass is 32.1. The van der Waals surface area contributed by atoms with Crippen LogP contribution < -0.4 is 15.0 Å². The Hall–Kier alpha value is -3.46. The first kappa shape index (κ1) is 21.3. The second kappa shape index (κ2) is 9.36. The van der Waals surface area contributed by atoms with Crippen molar-refractivity contribution in [1.82, 2.24) is 4.90 Å². The number of anilines is 2. The molecule has 0 aromatic heterocycles. The van der Waals surface area contributed by atoms with Gasteiger partial charge < -0.3 is 19.7 Å². The summed E-state index contributed by atoms with van der Waals surface area (Å²) in [4.78, 5) is 40.2. The van der Waals surface area contributed by atoms with Crippen molar-refractivity contribution < 1.29 is 23.9 Å². The normalized spacial score (nSPS) is 15.7. The number of benzene rings is 2. The SMILES string of the molecule is COC(=O)CN(C(=S)Nc1ccccc1)[C@@H]1CC(=O)N(c2ccc(OC)cc2)C1=O. The third-order valence-electron chi connectivity index (χ3n) is 4.64. The highest BCUT2D eigenvalue weighted by Gasteiger charge is 2.44. The van der Waals surface area contributed by atoms with E-state index in [2.05, 4.69) is 5.32 Å². The van der Waals surface area contributed by atoms with Gasteiger partial charge in [-0.05, 0) is 48.6 Å². The van der Waals surface area contributed by atoms with Crippen LogP contribution in [0.4, 0.5) is 11.4 Å². The monoisotopic (exact) mass is 427 g/mol. The number of amides is 2. The second-order valence-electron chi connectivity index (χ2n) is 6.49. The molecule has 1 heterocycles. The van der Waals surface area contributed by atoms with Crippen LogP contribution in [0.1, 0.15) is 6.42 Å². The van der Waals surface area contributed by atoms with Gasteiger partial charge in [-0.3, -0.25) is 14.4 Å². The smallest absolute Gasteiger partial charge is 0.325 e. The molecule has 2 aromatic rings. The zero-order chi connectivity index (χ0) is 21.7. The molecule has 1 atom stereocenters. The number of rotatable bonds is 6. The van der Waals surface area contributed by atoms with Crippen molar-refractivity contribution in [3.8, 4) is 5.75 Å². The lowest BCUT2D eigenvalue weighted by molar-refractivity contribution is -0.141. The fraction of sp³-hybridized carbons (Fsp3) is 0.238. The van der Waals surface area contributed by atoms with Crippen molar-refractivity contribution in [2.24, 2.45) is 0 Å². The number of carbonyl (C=O) groups excluding carboxylic acids is 3. The number of ether oxygens (including phenoxy) is 2. The molecule has 0 aliphatic carbocycles. The third kappa shape index (κ3) is 4.57. The van der Waals surface area contributed by atoms with Gasteiger partial charge in [0, 0.05) is 5.69 Å². The molecule has 3 rings (SSSR count). The van der Waals surface area contributed by atoms with Gasteiger partial charge >= 0.3 is 5.97 Å². The van der Waals surface area contributed by atoms with Crippen LogP contribution in [0.3, 0.4) is 0 Å². The van der Waals surface area contributed by atoms with Gasteiger partial charge in [-0.25, -0.2) is 4.90 Å². The Morgan fingerprint density at radius 1 is 1.13 bits per heavy atom. The zero-order valence-electron chi connectivity index (χ0n) is 16.5. The molecule has 30 heavy (non-hydrogen) atoms. The molecule has 0 radical (unpaired) electrons. The topological polar surface area (TPSA) is 88.2 Å². The van der Waals surface area contributed by atoms with Gasteiger partial charge in [0.25, 0.3) is 5.91 Å². The fourth-order valence-electron chi connectivity index (χ4n) is 3.11. The second-order valence-corrected chi connectivity index (χ2v) is 6.87. The molecule has 0 unspecified atom stereocenters. The van der Waals surface area contributed by atoms with E-state index < -0.39 is 17.9 Å². The molecule has 8 nitrogen and oxygen atoms in total. The van der Waals surface area contributed by atoms with E-state index in [4.69, 9.17) is 21.7 Å². The standard InChI is InChI=1S/C21H21N3O5S/c1-28-16-10-8-15(9-11-16)24-18(25)12-17(20(24)27)23(13-19(26)29-2)21(30)22-14-6-4-3-5-7-14/h3-11,17H,12-13H2,1-2H3,(H,22,30)/t17-/m1/s1. The van der Waals surface area contributed by atoms with Gasteiger partial charge in [0.1, 0.15) is 18.3 Å². The Balaban J connectivity index is 1.85. The number of esters is 1. The molecule has 2 aromatic carbocycles. The van der Waals surface area contributed by atoms with Crippen LogP contribution in [-0.2, 0) is 19.1 Å². The number of nitrogens with one attached hydrogen (secondary N) is 1. The Labute approximate surface area is 179 Å². The molecular formula is C21H21N3O5S. The van der Waals surface area contributed by atoms with Crippen molar-refractivity contribution in [3.63, 3.8) is 0 Å². The number of nitrogens with zero attached hydrogens (tertiary/aromatic N) is 2. The van der Waals surface area contributed by atoms with Crippen molar-refractivity contribution >= 4 is 46.5 Å². The van der Waals surface area contributed by atoms with Crippen molar-refractivity contribution in [1.29, 1.82) is 0 Å². The average Bonchev–Trinajstić information content (AvgIpc) is 3.06. The van der Waals surface area contributed by atoms with Gasteiger partial charge in [0.2, 0.25) is 5.91 Å². The number of imide groups is 1. The minimum absolute atomic E-state index is 0.113. The summed E-state index contributed by atoms with van der Waals surface area (Å²) in [7, 11) is 2.78. The molecular weight excluding hydrogens is 406 g/mol. The van der Waals surface area contributed by atoms with Gasteiger partial charge in [-0.15, -0.1) is 0 Å². The van der Waals surface area contributed by atoms with Gasteiger partial charge in [0.15, 0.2) is 5.11 Å². The number of carbonyl (C=O) groups is 3. The summed E-state index contributed by atoms with van der Waals surface area (Å²) in [5.74, 6) is -0.816. The maximum atomic E-state index is 13.1. The number of para-hydroxylation sites is 1. The zero-order valence-corrected chi connectivity index (χ0v) is 17.3. The summed E-state index contributed by atoms with van der Waals surface area (Å²) >= 11 is 5.45. The number of hydrogen-bond acceptors (Lipinski definition) is 6. The van der Waals surface area contributed by atoms with E-state index in [0.717, 1.165) is 4.90 Å². The average molecular weight is 427 g/mol. The Morgan fingerprint density at radius 3 is 2.40 bits per heavy atom. The fourth-order valence-corrected chi connectivity index (χ4v) is 3.42. The summed E-state index contributed by atoms with van der Waals surface area (Å²) in [6.45, 7) is -0.269. The number of thiocarbonyl (C=S) groups is 1. The van der Waals surface area contributed by atoms with Crippen LogP contribution in [0.25, 0.3) is 0 Å². The van der Waals surface area contributed by atoms with Crippen molar-refractivity contribution in [2.75, 3.05) is 31.0 Å². The largest absolute Gasteiger partial charge is 0.497 e. The molecule has 1 N–H and O–H groups in total. The van der Waals surface area contributed by atoms with Crippen LogP contribution in [0.15, 0.2) is 54.6 Å². The summed E-state index contributed by atoms with van der Waals surface area (Å²) < 4.78 is 9.86. The lowest BCUT2D eigenvalue weighted by atomic mass is 10.2.